The van der Waals surface area contributed by atoms with Gasteiger partial charge < -0.3 is 0 Å². The van der Waals surface area contributed by atoms with Crippen molar-refractivity contribution in [3.63, 3.8) is 0 Å². The predicted molar refractivity (Wildman–Crippen MR) is 71.1 cm³/mol. The monoisotopic (exact) mass is 211 g/mol. The molecule has 0 unspecified atom stereocenters. The van der Waals surface area contributed by atoms with Gasteiger partial charge in [-0.1, -0.05) is 90.9 Å². The predicted octanol–water partition coefficient (Wildman–Crippen LogP) is 5.91. The molecule has 0 aliphatic carbocycles. The molecule has 0 N–H and O–H groups in total. The van der Waals surface area contributed by atoms with Crippen molar-refractivity contribution >= 4 is 0 Å². The van der Waals surface area contributed by atoms with Gasteiger partial charge in [0, 0.05) is 0 Å². The zero-order chi connectivity index (χ0) is 11.2. The Morgan fingerprint density at radius 1 is 0.533 bits per heavy atom. The summed E-state index contributed by atoms with van der Waals surface area (Å²) < 4.78 is 0. The van der Waals surface area contributed by atoms with E-state index in [2.05, 4.69) is 20.3 Å². The molecule has 0 nitrogen and oxygen atoms in total. The maximum absolute atomic E-state index is 2.51. The van der Waals surface area contributed by atoms with Gasteiger partial charge in [-0.3, -0.25) is 0 Å². The van der Waals surface area contributed by atoms with Crippen LogP contribution in [0.5, 0.6) is 0 Å². The van der Waals surface area contributed by atoms with Crippen molar-refractivity contribution < 1.29 is 0 Å². The Balaban J connectivity index is 2.81. The van der Waals surface area contributed by atoms with Crippen LogP contribution in [0.15, 0.2) is 0 Å². The highest BCUT2D eigenvalue weighted by molar-refractivity contribution is 4.64. The van der Waals surface area contributed by atoms with E-state index in [1.54, 1.807) is 0 Å². The van der Waals surface area contributed by atoms with Crippen LogP contribution in [0.4, 0.5) is 0 Å². The SMILES string of the molecule is CCCCCCC[CH]CCCCCCC. The van der Waals surface area contributed by atoms with Crippen LogP contribution in [-0.4, -0.2) is 0 Å². The fourth-order valence-electron chi connectivity index (χ4n) is 1.93. The molecule has 1 radical (unpaired) electrons. The smallest absolute Gasteiger partial charge is 0.0386 e. The Morgan fingerprint density at radius 2 is 0.933 bits per heavy atom. The molecule has 0 aliphatic rings. The Morgan fingerprint density at radius 3 is 1.33 bits per heavy atom. The van der Waals surface area contributed by atoms with E-state index in [4.69, 9.17) is 0 Å². The van der Waals surface area contributed by atoms with Crippen LogP contribution >= 0.6 is 0 Å². The van der Waals surface area contributed by atoms with Gasteiger partial charge in [0.2, 0.25) is 0 Å². The lowest BCUT2D eigenvalue weighted by Crippen LogP contribution is -1.82. The largest absolute Gasteiger partial charge is 0.0654 e. The van der Waals surface area contributed by atoms with Crippen LogP contribution in [0.2, 0.25) is 0 Å². The second-order valence-electron chi connectivity index (χ2n) is 4.69. The molecule has 0 amide bonds. The fraction of sp³-hybridized carbons (Fsp3) is 0.933. The molecule has 0 saturated carbocycles. The normalized spacial score (nSPS) is 10.8. The van der Waals surface area contributed by atoms with Crippen molar-refractivity contribution in [1.82, 2.24) is 0 Å². The van der Waals surface area contributed by atoms with Gasteiger partial charge in [0.15, 0.2) is 0 Å². The minimum absolute atomic E-state index is 1.36. The molecule has 15 heavy (non-hydrogen) atoms. The second kappa shape index (κ2) is 14.0. The van der Waals surface area contributed by atoms with E-state index < -0.39 is 0 Å². The van der Waals surface area contributed by atoms with Crippen molar-refractivity contribution in [1.29, 1.82) is 0 Å². The zero-order valence-electron chi connectivity index (χ0n) is 11.1. The van der Waals surface area contributed by atoms with E-state index in [1.165, 1.54) is 77.0 Å². The van der Waals surface area contributed by atoms with Gasteiger partial charge in [-0.2, -0.15) is 0 Å². The van der Waals surface area contributed by atoms with Crippen LogP contribution in [0.3, 0.4) is 0 Å². The van der Waals surface area contributed by atoms with E-state index in [9.17, 15) is 0 Å². The lowest BCUT2D eigenvalue weighted by molar-refractivity contribution is 0.598. The molecule has 91 valence electrons. The third-order valence-electron chi connectivity index (χ3n) is 3.02. The highest BCUT2D eigenvalue weighted by Crippen LogP contribution is 2.11. The van der Waals surface area contributed by atoms with E-state index in [1.807, 2.05) is 0 Å². The number of unbranched alkanes of at least 4 members (excludes halogenated alkanes) is 12. The van der Waals surface area contributed by atoms with Gasteiger partial charge in [-0.25, -0.2) is 0 Å². The van der Waals surface area contributed by atoms with Crippen LogP contribution < -0.4 is 0 Å². The van der Waals surface area contributed by atoms with Crippen LogP contribution in [0, 0.1) is 6.42 Å². The first kappa shape index (κ1) is 15.0. The molecule has 0 aromatic heterocycles. The second-order valence-corrected chi connectivity index (χ2v) is 4.69. The van der Waals surface area contributed by atoms with Crippen molar-refractivity contribution in [2.45, 2.75) is 90.9 Å². The highest BCUT2D eigenvalue weighted by atomic mass is 14.0. The summed E-state index contributed by atoms with van der Waals surface area (Å²) in [7, 11) is 0. The van der Waals surface area contributed by atoms with Gasteiger partial charge >= 0.3 is 0 Å². The first-order valence-corrected chi connectivity index (χ1v) is 7.23. The van der Waals surface area contributed by atoms with E-state index >= 15 is 0 Å². The van der Waals surface area contributed by atoms with Crippen LogP contribution in [0.25, 0.3) is 0 Å². The molecule has 0 saturated heterocycles. The number of rotatable bonds is 12. The molecule has 0 heterocycles. The van der Waals surface area contributed by atoms with Crippen molar-refractivity contribution in [3.8, 4) is 0 Å². The zero-order valence-corrected chi connectivity index (χ0v) is 11.1. The van der Waals surface area contributed by atoms with Crippen molar-refractivity contribution in [2.24, 2.45) is 0 Å². The summed E-state index contributed by atoms with van der Waals surface area (Å²) in [4.78, 5) is 0. The molecule has 0 heteroatoms. The van der Waals surface area contributed by atoms with E-state index in [-0.39, 0.29) is 0 Å². The van der Waals surface area contributed by atoms with Gasteiger partial charge in [0.25, 0.3) is 0 Å². The quantitative estimate of drug-likeness (QED) is 0.352. The van der Waals surface area contributed by atoms with Gasteiger partial charge in [-0.15, -0.1) is 0 Å². The Labute approximate surface area is 97.8 Å². The molecule has 0 aliphatic heterocycles. The van der Waals surface area contributed by atoms with Gasteiger partial charge in [0.05, 0.1) is 0 Å². The van der Waals surface area contributed by atoms with Gasteiger partial charge in [-0.05, 0) is 6.42 Å². The summed E-state index contributed by atoms with van der Waals surface area (Å²) >= 11 is 0. The van der Waals surface area contributed by atoms with E-state index in [0.29, 0.717) is 0 Å². The summed E-state index contributed by atoms with van der Waals surface area (Å²) in [6.45, 7) is 4.56. The first-order chi connectivity index (χ1) is 7.41. The molecule has 0 aromatic carbocycles. The molecular formula is C15H31. The summed E-state index contributed by atoms with van der Waals surface area (Å²) in [5.41, 5.74) is 0. The maximum atomic E-state index is 2.51. The summed E-state index contributed by atoms with van der Waals surface area (Å²) in [5.74, 6) is 0. The molecule has 0 fully saturated rings. The minimum Gasteiger partial charge on any atom is -0.0654 e. The molecule has 0 aromatic rings. The first-order valence-electron chi connectivity index (χ1n) is 7.23. The van der Waals surface area contributed by atoms with Crippen LogP contribution in [-0.2, 0) is 0 Å². The van der Waals surface area contributed by atoms with E-state index in [0.717, 1.165) is 0 Å². The molecule has 0 bridgehead atoms. The minimum atomic E-state index is 1.36. The average Bonchev–Trinajstić information content (AvgIpc) is 2.26. The number of hydrogen-bond donors (Lipinski definition) is 0. The molecule has 0 spiro atoms. The van der Waals surface area contributed by atoms with Gasteiger partial charge in [0.1, 0.15) is 0 Å². The summed E-state index contributed by atoms with van der Waals surface area (Å²) in [5, 5.41) is 0. The Hall–Kier alpha value is 0. The third kappa shape index (κ3) is 14.0. The standard InChI is InChI=1S/C15H31/c1-3-5-7-9-11-13-15-14-12-10-8-6-4-2/h15H,3-14H2,1-2H3. The molecule has 0 atom stereocenters. The Kier molecular flexibility index (Phi) is 14.0. The van der Waals surface area contributed by atoms with Crippen molar-refractivity contribution in [2.75, 3.05) is 0 Å². The van der Waals surface area contributed by atoms with Crippen LogP contribution in [0.1, 0.15) is 90.9 Å². The molecule has 0 rings (SSSR count). The topological polar surface area (TPSA) is 0 Å². The lowest BCUT2D eigenvalue weighted by atomic mass is 10.1. The fourth-order valence-corrected chi connectivity index (χ4v) is 1.93. The average molecular weight is 211 g/mol. The Bertz CT molecular complexity index is 84.2. The lowest BCUT2D eigenvalue weighted by Gasteiger charge is -2.01. The van der Waals surface area contributed by atoms with Crippen molar-refractivity contribution in [3.05, 3.63) is 6.42 Å². The molecular weight excluding hydrogens is 180 g/mol. The third-order valence-corrected chi connectivity index (χ3v) is 3.02. The number of hydrogen-bond acceptors (Lipinski definition) is 0. The highest BCUT2D eigenvalue weighted by Gasteiger charge is 1.92. The summed E-state index contributed by atoms with van der Waals surface area (Å²) in [6.07, 6.45) is 19.4. The maximum Gasteiger partial charge on any atom is -0.0386 e. The summed E-state index contributed by atoms with van der Waals surface area (Å²) in [6, 6.07) is 0.